The molecule has 0 radical (unpaired) electrons. The highest BCUT2D eigenvalue weighted by molar-refractivity contribution is 7.99. The zero-order valence-corrected chi connectivity index (χ0v) is 23.3. The number of aryl methyl sites for hydroxylation is 1. The van der Waals surface area contributed by atoms with Crippen molar-refractivity contribution >= 4 is 35.5 Å². The second kappa shape index (κ2) is 13.1. The molecular formula is C31H26ClN5O2S. The van der Waals surface area contributed by atoms with Crippen LogP contribution >= 0.6 is 23.4 Å². The minimum atomic E-state index is -0.254. The number of nitrogens with zero attached hydrogens (tertiary/aromatic N) is 4. The van der Waals surface area contributed by atoms with Gasteiger partial charge in [0, 0.05) is 16.3 Å². The summed E-state index contributed by atoms with van der Waals surface area (Å²) < 4.78 is 7.75. The molecule has 1 N–H and O–H groups in total. The maximum atomic E-state index is 12.5. The van der Waals surface area contributed by atoms with Crippen molar-refractivity contribution in [2.75, 3.05) is 5.75 Å². The number of halogens is 1. The van der Waals surface area contributed by atoms with Crippen molar-refractivity contribution in [2.24, 2.45) is 5.10 Å². The van der Waals surface area contributed by atoms with Crippen LogP contribution in [0.15, 0.2) is 113 Å². The predicted octanol–water partition coefficient (Wildman–Crippen LogP) is 6.72. The van der Waals surface area contributed by atoms with Crippen molar-refractivity contribution in [3.63, 3.8) is 0 Å². The Bertz CT molecular complexity index is 1590. The molecule has 4 aromatic carbocycles. The van der Waals surface area contributed by atoms with Gasteiger partial charge in [0.2, 0.25) is 0 Å². The third-order valence-corrected chi connectivity index (χ3v) is 7.07. The number of hydrogen-bond acceptors (Lipinski definition) is 6. The number of ether oxygens (including phenoxy) is 1. The molecule has 0 bridgehead atoms. The first kappa shape index (κ1) is 27.2. The van der Waals surface area contributed by atoms with E-state index in [-0.39, 0.29) is 11.7 Å². The molecule has 0 aliphatic heterocycles. The number of carbonyl (C=O) groups excluding carboxylic acids is 1. The summed E-state index contributed by atoms with van der Waals surface area (Å²) in [6, 6.07) is 33.0. The number of thioether (sulfide) groups is 1. The fourth-order valence-electron chi connectivity index (χ4n) is 3.81. The van der Waals surface area contributed by atoms with Crippen LogP contribution in [0.5, 0.6) is 5.75 Å². The van der Waals surface area contributed by atoms with E-state index in [4.69, 9.17) is 16.3 Å². The number of hydrazone groups is 1. The first-order chi connectivity index (χ1) is 19.5. The quantitative estimate of drug-likeness (QED) is 0.115. The second-order valence-electron chi connectivity index (χ2n) is 8.91. The number of rotatable bonds is 10. The van der Waals surface area contributed by atoms with Crippen LogP contribution in [-0.2, 0) is 11.4 Å². The lowest BCUT2D eigenvalue weighted by Crippen LogP contribution is -2.20. The molecule has 1 aromatic heterocycles. The highest BCUT2D eigenvalue weighted by atomic mass is 35.5. The molecule has 0 saturated carbocycles. The Morgan fingerprint density at radius 1 is 0.950 bits per heavy atom. The number of amides is 1. The molecule has 1 heterocycles. The molecule has 1 amide bonds. The van der Waals surface area contributed by atoms with Crippen LogP contribution < -0.4 is 10.2 Å². The van der Waals surface area contributed by atoms with E-state index in [1.165, 1.54) is 11.8 Å². The molecular weight excluding hydrogens is 542 g/mol. The number of nitrogens with one attached hydrogen (secondary N) is 1. The van der Waals surface area contributed by atoms with Gasteiger partial charge in [0.15, 0.2) is 11.0 Å². The van der Waals surface area contributed by atoms with Crippen LogP contribution in [0, 0.1) is 6.92 Å². The summed E-state index contributed by atoms with van der Waals surface area (Å²) in [7, 11) is 0. The van der Waals surface area contributed by atoms with Crippen molar-refractivity contribution in [2.45, 2.75) is 18.7 Å². The molecule has 5 aromatic rings. The Labute approximate surface area is 241 Å². The summed E-state index contributed by atoms with van der Waals surface area (Å²) in [6.45, 7) is 2.53. The number of benzene rings is 4. The number of aromatic nitrogens is 3. The summed E-state index contributed by atoms with van der Waals surface area (Å²) >= 11 is 7.36. The van der Waals surface area contributed by atoms with Gasteiger partial charge in [-0.1, -0.05) is 71.4 Å². The van der Waals surface area contributed by atoms with Crippen LogP contribution in [0.25, 0.3) is 17.1 Å². The van der Waals surface area contributed by atoms with Crippen molar-refractivity contribution in [3.05, 3.63) is 125 Å². The predicted molar refractivity (Wildman–Crippen MR) is 160 cm³/mol. The molecule has 200 valence electrons. The average molecular weight is 568 g/mol. The Balaban J connectivity index is 1.19. The van der Waals surface area contributed by atoms with Crippen LogP contribution in [-0.4, -0.2) is 32.6 Å². The Hall–Kier alpha value is -4.40. The lowest BCUT2D eigenvalue weighted by atomic mass is 10.2. The highest BCUT2D eigenvalue weighted by Gasteiger charge is 2.17. The van der Waals surface area contributed by atoms with Crippen molar-refractivity contribution in [1.82, 2.24) is 20.2 Å². The molecule has 0 saturated heterocycles. The van der Waals surface area contributed by atoms with Gasteiger partial charge in [0.05, 0.1) is 12.0 Å². The number of carbonyl (C=O) groups is 1. The van der Waals surface area contributed by atoms with E-state index >= 15 is 0 Å². The molecule has 0 fully saturated rings. The Morgan fingerprint density at radius 2 is 1.68 bits per heavy atom. The highest BCUT2D eigenvalue weighted by Crippen LogP contribution is 2.29. The minimum Gasteiger partial charge on any atom is -0.489 e. The van der Waals surface area contributed by atoms with Crippen LogP contribution in [0.1, 0.15) is 16.7 Å². The summed E-state index contributed by atoms with van der Waals surface area (Å²) in [4.78, 5) is 12.5. The number of hydrogen-bond donors (Lipinski definition) is 1. The Morgan fingerprint density at radius 3 is 2.40 bits per heavy atom. The smallest absolute Gasteiger partial charge is 0.250 e. The maximum absolute atomic E-state index is 12.5. The van der Waals surface area contributed by atoms with Crippen LogP contribution in [0.2, 0.25) is 5.02 Å². The van der Waals surface area contributed by atoms with Gasteiger partial charge in [-0.15, -0.1) is 10.2 Å². The normalized spacial score (nSPS) is 11.1. The van der Waals surface area contributed by atoms with Gasteiger partial charge in [-0.05, 0) is 78.7 Å². The fourth-order valence-corrected chi connectivity index (χ4v) is 4.68. The molecule has 0 unspecified atom stereocenters. The zero-order chi connectivity index (χ0) is 27.7. The SMILES string of the molecule is Cc1ccc(-n2c(SCC(=O)N/N=C/c3ccc(OCc4ccccc4)cc3)nnc2-c2ccc(Cl)cc2)cc1. The van der Waals surface area contributed by atoms with Gasteiger partial charge in [-0.2, -0.15) is 5.10 Å². The summed E-state index contributed by atoms with van der Waals surface area (Å²) in [5.41, 5.74) is 7.44. The summed E-state index contributed by atoms with van der Waals surface area (Å²) in [5.74, 6) is 1.29. The first-order valence-corrected chi connectivity index (χ1v) is 13.9. The lowest BCUT2D eigenvalue weighted by Gasteiger charge is -2.10. The lowest BCUT2D eigenvalue weighted by molar-refractivity contribution is -0.118. The van der Waals surface area contributed by atoms with E-state index in [0.29, 0.717) is 22.6 Å². The molecule has 0 aliphatic rings. The standard InChI is InChI=1S/C31H26ClN5O2S/c1-22-7-15-27(16-8-22)37-30(25-11-13-26(32)14-12-25)35-36-31(37)40-21-29(38)34-33-19-23-9-17-28(18-10-23)39-20-24-5-3-2-4-6-24/h2-19H,20-21H2,1H3,(H,34,38)/b33-19+. The molecule has 0 spiro atoms. The summed E-state index contributed by atoms with van der Waals surface area (Å²) in [5, 5.41) is 14.1. The third kappa shape index (κ3) is 7.16. The van der Waals surface area contributed by atoms with Crippen molar-refractivity contribution in [3.8, 4) is 22.8 Å². The van der Waals surface area contributed by atoms with Crippen molar-refractivity contribution < 1.29 is 9.53 Å². The maximum Gasteiger partial charge on any atom is 0.250 e. The van der Waals surface area contributed by atoms with Gasteiger partial charge in [0.25, 0.3) is 5.91 Å². The van der Waals surface area contributed by atoms with Gasteiger partial charge < -0.3 is 4.74 Å². The minimum absolute atomic E-state index is 0.119. The fraction of sp³-hybridized carbons (Fsp3) is 0.0968. The van der Waals surface area contributed by atoms with Gasteiger partial charge in [0.1, 0.15) is 12.4 Å². The molecule has 0 atom stereocenters. The van der Waals surface area contributed by atoms with E-state index in [0.717, 1.165) is 33.7 Å². The van der Waals surface area contributed by atoms with Gasteiger partial charge in [-0.25, -0.2) is 5.43 Å². The van der Waals surface area contributed by atoms with E-state index < -0.39 is 0 Å². The van der Waals surface area contributed by atoms with Crippen LogP contribution in [0.3, 0.4) is 0 Å². The first-order valence-electron chi connectivity index (χ1n) is 12.5. The van der Waals surface area contributed by atoms with E-state index in [1.807, 2.05) is 115 Å². The molecule has 9 heteroatoms. The molecule has 7 nitrogen and oxygen atoms in total. The van der Waals surface area contributed by atoms with E-state index in [9.17, 15) is 4.79 Å². The molecule has 0 aliphatic carbocycles. The van der Waals surface area contributed by atoms with E-state index in [2.05, 4.69) is 20.7 Å². The molecule has 40 heavy (non-hydrogen) atoms. The zero-order valence-electron chi connectivity index (χ0n) is 21.7. The second-order valence-corrected chi connectivity index (χ2v) is 10.3. The monoisotopic (exact) mass is 567 g/mol. The Kier molecular flexibility index (Phi) is 8.90. The van der Waals surface area contributed by atoms with Crippen LogP contribution in [0.4, 0.5) is 0 Å². The van der Waals surface area contributed by atoms with E-state index in [1.54, 1.807) is 6.21 Å². The van der Waals surface area contributed by atoms with Gasteiger partial charge in [-0.3, -0.25) is 9.36 Å². The topological polar surface area (TPSA) is 81.4 Å². The summed E-state index contributed by atoms with van der Waals surface area (Å²) in [6.07, 6.45) is 1.59. The largest absolute Gasteiger partial charge is 0.489 e. The average Bonchev–Trinajstić information content (AvgIpc) is 3.41. The molecule has 5 rings (SSSR count). The van der Waals surface area contributed by atoms with Gasteiger partial charge >= 0.3 is 0 Å². The van der Waals surface area contributed by atoms with Crippen molar-refractivity contribution in [1.29, 1.82) is 0 Å². The third-order valence-electron chi connectivity index (χ3n) is 5.89.